The molecule has 0 fully saturated rings. The molecule has 0 aliphatic heterocycles. The number of hydrogen-bond donors (Lipinski definition) is 1. The lowest BCUT2D eigenvalue weighted by Gasteiger charge is -2.14. The molecule has 3 aromatic rings. The van der Waals surface area contributed by atoms with Gasteiger partial charge in [0.05, 0.1) is 25.0 Å². The Kier molecular flexibility index (Phi) is 2.62. The summed E-state index contributed by atoms with van der Waals surface area (Å²) < 4.78 is 126. The molecule has 2 aromatic heterocycles. The van der Waals surface area contributed by atoms with Gasteiger partial charge in [-0.3, -0.25) is 9.97 Å². The van der Waals surface area contributed by atoms with E-state index in [-0.39, 0.29) is 5.52 Å². The molecule has 0 saturated carbocycles. The lowest BCUT2D eigenvalue weighted by molar-refractivity contribution is -0.153. The standard InChI is InChI=1S/C16H14F3N3O2S/c1-10-13(20-7-6-14(10)24-9-16(17,18)19)8-25(23)15-21-11-4-2-3-5-12(11)22-15/h2-7H,8-9H2,1H3,(H,21,22)/i1D3,6D,7D,8D2,9D2. The minimum atomic E-state index is -5.67. The van der Waals surface area contributed by atoms with Crippen LogP contribution in [0.1, 0.15) is 23.6 Å². The predicted octanol–water partition coefficient (Wildman–Crippen LogP) is 3.52. The fraction of sp³-hybridized carbons (Fsp3) is 0.250. The Morgan fingerprint density at radius 1 is 1.44 bits per heavy atom. The van der Waals surface area contributed by atoms with Gasteiger partial charge in [0.2, 0.25) is 0 Å². The smallest absolute Gasteiger partial charge is 0.422 e. The minimum Gasteiger partial charge on any atom is -0.609 e. The molecule has 132 valence electrons. The maximum Gasteiger partial charge on any atom is 0.422 e. The number of halogens is 3. The van der Waals surface area contributed by atoms with Crippen LogP contribution < -0.4 is 4.74 Å². The molecule has 1 atom stereocenters. The number of alkyl halides is 3. The first-order valence-electron chi connectivity index (χ1n) is 11.0. The van der Waals surface area contributed by atoms with Crippen molar-refractivity contribution in [1.29, 1.82) is 0 Å². The molecule has 25 heavy (non-hydrogen) atoms. The van der Waals surface area contributed by atoms with E-state index in [4.69, 9.17) is 12.3 Å². The maximum absolute atomic E-state index is 13.1. The molecule has 0 aliphatic carbocycles. The third-order valence-electron chi connectivity index (χ3n) is 2.80. The summed E-state index contributed by atoms with van der Waals surface area (Å²) in [5.74, 6) is -1.57. The van der Waals surface area contributed by atoms with Crippen LogP contribution in [0.25, 0.3) is 11.0 Å². The summed E-state index contributed by atoms with van der Waals surface area (Å²) in [6.45, 7) is -8.01. The van der Waals surface area contributed by atoms with Gasteiger partial charge in [-0.25, -0.2) is 0 Å². The SMILES string of the molecule is [2H]c1nc(C([2H])([2H])[S+]([O-])c2nc3ccccc3[nH]2)c(C([2H])([2H])[2H])c(OC([2H])([2H])C(F)(F)F)c1[2H]. The molecule has 0 spiro atoms. The minimum absolute atomic E-state index is 0.288. The van der Waals surface area contributed by atoms with Gasteiger partial charge in [0.15, 0.2) is 12.3 Å². The van der Waals surface area contributed by atoms with E-state index >= 15 is 0 Å². The van der Waals surface area contributed by atoms with Crippen molar-refractivity contribution in [2.75, 3.05) is 6.56 Å². The van der Waals surface area contributed by atoms with Crippen molar-refractivity contribution in [3.05, 3.63) is 47.7 Å². The Balaban J connectivity index is 2.24. The van der Waals surface area contributed by atoms with Crippen LogP contribution in [0, 0.1) is 6.85 Å². The van der Waals surface area contributed by atoms with Crippen LogP contribution in [0.4, 0.5) is 13.2 Å². The number of aromatic nitrogens is 3. The number of ether oxygens (including phenoxy) is 1. The Labute approximate surface area is 157 Å². The number of hydrogen-bond acceptors (Lipinski definition) is 4. The molecule has 0 aliphatic rings. The summed E-state index contributed by atoms with van der Waals surface area (Å²) in [4.78, 5) is 9.94. The third-order valence-corrected chi connectivity index (χ3v) is 3.73. The molecule has 9 heteroatoms. The lowest BCUT2D eigenvalue weighted by Crippen LogP contribution is -2.20. The van der Waals surface area contributed by atoms with Crippen LogP contribution >= 0.6 is 0 Å². The lowest BCUT2D eigenvalue weighted by atomic mass is 10.2. The number of fused-ring (bicyclic) bond motifs is 1. The quantitative estimate of drug-likeness (QED) is 0.690. The molecular weight excluding hydrogens is 355 g/mol. The summed E-state index contributed by atoms with van der Waals surface area (Å²) in [5, 5.41) is -0.459. The number of H-pyrrole nitrogens is 1. The molecule has 0 bridgehead atoms. The van der Waals surface area contributed by atoms with Crippen molar-refractivity contribution in [2.45, 2.75) is 23.9 Å². The average Bonchev–Trinajstić information content (AvgIpc) is 3.12. The third kappa shape index (κ3) is 4.23. The number of para-hydroxylation sites is 2. The number of aromatic amines is 1. The molecule has 1 unspecified atom stereocenters. The van der Waals surface area contributed by atoms with E-state index in [2.05, 4.69) is 19.7 Å². The number of rotatable bonds is 5. The number of nitrogens with one attached hydrogen (secondary N) is 1. The normalized spacial score (nSPS) is 20.1. The molecule has 1 aromatic carbocycles. The molecule has 3 rings (SSSR count). The second-order valence-electron chi connectivity index (χ2n) is 4.53. The number of imidazole rings is 1. The molecule has 1 N–H and O–H groups in total. The molecule has 0 radical (unpaired) electrons. The van der Waals surface area contributed by atoms with Crippen molar-refractivity contribution in [3.63, 3.8) is 0 Å². The first-order valence-corrected chi connectivity index (χ1v) is 7.67. The largest absolute Gasteiger partial charge is 0.609 e. The van der Waals surface area contributed by atoms with Crippen LogP contribution in [0.15, 0.2) is 41.6 Å². The van der Waals surface area contributed by atoms with Gasteiger partial charge in [-0.1, -0.05) is 12.1 Å². The fourth-order valence-corrected chi connectivity index (χ4v) is 2.58. The van der Waals surface area contributed by atoms with Crippen LogP contribution in [0.3, 0.4) is 0 Å². The van der Waals surface area contributed by atoms with Gasteiger partial charge in [0, 0.05) is 27.0 Å². The predicted molar refractivity (Wildman–Crippen MR) is 86.7 cm³/mol. The van der Waals surface area contributed by atoms with E-state index < -0.39 is 70.8 Å². The summed E-state index contributed by atoms with van der Waals surface area (Å²) in [6, 6.07) is 4.92. The van der Waals surface area contributed by atoms with Crippen LogP contribution in [-0.2, 0) is 16.9 Å². The zero-order chi connectivity index (χ0) is 25.9. The first-order chi connectivity index (χ1) is 15.4. The van der Waals surface area contributed by atoms with Gasteiger partial charge < -0.3 is 9.29 Å². The van der Waals surface area contributed by atoms with Crippen molar-refractivity contribution in [1.82, 2.24) is 15.0 Å². The first kappa shape index (κ1) is 9.44. The van der Waals surface area contributed by atoms with Crippen molar-refractivity contribution >= 4 is 22.2 Å². The van der Waals surface area contributed by atoms with E-state index in [1.807, 2.05) is 0 Å². The van der Waals surface area contributed by atoms with Gasteiger partial charge >= 0.3 is 11.3 Å². The Hall–Kier alpha value is -2.26. The highest BCUT2D eigenvalue weighted by Gasteiger charge is 2.29. The number of pyridine rings is 1. The Morgan fingerprint density at radius 3 is 2.96 bits per heavy atom. The average molecular weight is 378 g/mol. The second kappa shape index (κ2) is 6.93. The van der Waals surface area contributed by atoms with Gasteiger partial charge in [0.25, 0.3) is 0 Å². The molecule has 2 heterocycles. The number of benzene rings is 1. The van der Waals surface area contributed by atoms with E-state index in [1.54, 1.807) is 12.1 Å². The highest BCUT2D eigenvalue weighted by molar-refractivity contribution is 7.90. The van der Waals surface area contributed by atoms with E-state index in [1.165, 1.54) is 12.1 Å². The fourth-order valence-electron chi connectivity index (χ4n) is 1.77. The molecule has 0 amide bonds. The van der Waals surface area contributed by atoms with Gasteiger partial charge in [-0.15, -0.1) is 0 Å². The Morgan fingerprint density at radius 2 is 2.24 bits per heavy atom. The second-order valence-corrected chi connectivity index (χ2v) is 5.66. The van der Waals surface area contributed by atoms with Crippen molar-refractivity contribution < 1.29 is 34.8 Å². The summed E-state index contributed by atoms with van der Waals surface area (Å²) in [7, 11) is 0. The van der Waals surface area contributed by atoms with E-state index in [0.29, 0.717) is 5.52 Å². The summed E-state index contributed by atoms with van der Waals surface area (Å²) >= 11 is -2.85. The van der Waals surface area contributed by atoms with Gasteiger partial charge in [-0.05, 0) is 25.0 Å². The van der Waals surface area contributed by atoms with Crippen molar-refractivity contribution in [2.24, 2.45) is 0 Å². The maximum atomic E-state index is 13.1. The molecule has 5 nitrogen and oxygen atoms in total. The van der Waals surface area contributed by atoms with E-state index in [9.17, 15) is 17.7 Å². The number of nitrogens with zero attached hydrogens (tertiary/aromatic N) is 2. The Bertz CT molecular complexity index is 1200. The van der Waals surface area contributed by atoms with Gasteiger partial charge in [0.1, 0.15) is 5.75 Å². The highest BCUT2D eigenvalue weighted by atomic mass is 32.2. The topological polar surface area (TPSA) is 73.9 Å². The zero-order valence-electron chi connectivity index (χ0n) is 21.1. The van der Waals surface area contributed by atoms with Gasteiger partial charge in [-0.2, -0.15) is 18.2 Å². The summed E-state index contributed by atoms with van der Waals surface area (Å²) in [6.07, 6.45) is -6.89. The monoisotopic (exact) mass is 378 g/mol. The zero-order valence-corrected chi connectivity index (χ0v) is 12.9. The van der Waals surface area contributed by atoms with Crippen LogP contribution in [-0.4, -0.2) is 32.2 Å². The van der Waals surface area contributed by atoms with Crippen LogP contribution in [0.5, 0.6) is 5.75 Å². The highest BCUT2D eigenvalue weighted by Crippen LogP contribution is 2.25. The molecule has 0 saturated heterocycles. The molecular formula is C16H14F3N3O2S. The van der Waals surface area contributed by atoms with Crippen molar-refractivity contribution in [3.8, 4) is 5.75 Å². The van der Waals surface area contributed by atoms with E-state index in [0.717, 1.165) is 0 Å². The van der Waals surface area contributed by atoms with Crippen LogP contribution in [0.2, 0.25) is 0 Å². The summed E-state index contributed by atoms with van der Waals surface area (Å²) in [5.41, 5.74) is -5.33.